The highest BCUT2D eigenvalue weighted by Gasteiger charge is 2.20. The van der Waals surface area contributed by atoms with Crippen molar-refractivity contribution in [2.24, 2.45) is 5.92 Å². The second-order valence-electron chi connectivity index (χ2n) is 5.08. The number of nitrogens with zero attached hydrogens (tertiary/aromatic N) is 1. The van der Waals surface area contributed by atoms with Gasteiger partial charge >= 0.3 is 0 Å². The lowest BCUT2D eigenvalue weighted by Gasteiger charge is -2.31. The van der Waals surface area contributed by atoms with Crippen LogP contribution in [0.15, 0.2) is 16.7 Å². The zero-order chi connectivity index (χ0) is 12.1. The summed E-state index contributed by atoms with van der Waals surface area (Å²) in [4.78, 5) is 2.49. The van der Waals surface area contributed by atoms with Gasteiger partial charge in [0.15, 0.2) is 0 Å². The van der Waals surface area contributed by atoms with Gasteiger partial charge in [-0.15, -0.1) is 0 Å². The van der Waals surface area contributed by atoms with Gasteiger partial charge in [0.1, 0.15) is 5.76 Å². The van der Waals surface area contributed by atoms with E-state index in [0.29, 0.717) is 0 Å². The van der Waals surface area contributed by atoms with Gasteiger partial charge < -0.3 is 9.73 Å². The molecular formula is C14H24N2O. The number of hydrogen-bond donors (Lipinski definition) is 1. The molecule has 1 N–H and O–H groups in total. The van der Waals surface area contributed by atoms with Gasteiger partial charge in [0.2, 0.25) is 0 Å². The number of rotatable bonds is 7. The number of furan rings is 1. The first-order chi connectivity index (χ1) is 8.31. The summed E-state index contributed by atoms with van der Waals surface area (Å²) in [6, 6.07) is 2.17. The van der Waals surface area contributed by atoms with Crippen LogP contribution in [0.4, 0.5) is 0 Å². The highest BCUT2D eigenvalue weighted by Crippen LogP contribution is 2.27. The molecule has 0 bridgehead atoms. The predicted octanol–water partition coefficient (Wildman–Crippen LogP) is 2.62. The van der Waals surface area contributed by atoms with Gasteiger partial charge in [-0.2, -0.15) is 0 Å². The molecule has 1 saturated carbocycles. The summed E-state index contributed by atoms with van der Waals surface area (Å²) < 4.78 is 5.60. The van der Waals surface area contributed by atoms with E-state index < -0.39 is 0 Å². The van der Waals surface area contributed by atoms with E-state index in [1.807, 2.05) is 13.3 Å². The van der Waals surface area contributed by atoms with Crippen LogP contribution >= 0.6 is 0 Å². The molecule has 0 aromatic carbocycles. The topological polar surface area (TPSA) is 28.4 Å². The Kier molecular flexibility index (Phi) is 4.63. The highest BCUT2D eigenvalue weighted by atomic mass is 16.3. The molecule has 1 heterocycles. The Labute approximate surface area is 104 Å². The van der Waals surface area contributed by atoms with Gasteiger partial charge in [0.05, 0.1) is 12.8 Å². The van der Waals surface area contributed by atoms with E-state index in [1.54, 1.807) is 0 Å². The summed E-state index contributed by atoms with van der Waals surface area (Å²) >= 11 is 0. The number of nitrogens with one attached hydrogen (secondary N) is 1. The average Bonchev–Trinajstić information content (AvgIpc) is 2.70. The first-order valence-electron chi connectivity index (χ1n) is 6.75. The molecule has 1 aromatic rings. The smallest absolute Gasteiger partial charge is 0.118 e. The largest absolute Gasteiger partial charge is 0.468 e. The quantitative estimate of drug-likeness (QED) is 0.789. The monoisotopic (exact) mass is 236 g/mol. The Morgan fingerprint density at radius 3 is 2.88 bits per heavy atom. The molecule has 0 radical (unpaired) electrons. The Balaban J connectivity index is 1.83. The van der Waals surface area contributed by atoms with Crippen LogP contribution in [0.25, 0.3) is 0 Å². The molecule has 2 rings (SSSR count). The molecule has 0 atom stereocenters. The molecule has 17 heavy (non-hydrogen) atoms. The molecular weight excluding hydrogens is 212 g/mol. The first-order valence-corrected chi connectivity index (χ1v) is 6.75. The van der Waals surface area contributed by atoms with E-state index >= 15 is 0 Å². The molecule has 0 unspecified atom stereocenters. The summed E-state index contributed by atoms with van der Waals surface area (Å²) in [6.07, 6.45) is 6.12. The molecule has 1 fully saturated rings. The third kappa shape index (κ3) is 3.58. The summed E-state index contributed by atoms with van der Waals surface area (Å²) in [6.45, 7) is 6.42. The summed E-state index contributed by atoms with van der Waals surface area (Å²) in [7, 11) is 1.96. The molecule has 0 amide bonds. The Morgan fingerprint density at radius 1 is 1.47 bits per heavy atom. The van der Waals surface area contributed by atoms with Crippen molar-refractivity contribution in [1.82, 2.24) is 10.2 Å². The van der Waals surface area contributed by atoms with Gasteiger partial charge in [0.25, 0.3) is 0 Å². The molecule has 96 valence electrons. The normalized spacial score (nSPS) is 16.4. The standard InChI is InChI=1S/C14H24N2O/c1-3-16(9-12-5-4-6-12)10-14-7-13(8-15-2)11-17-14/h7,11-12,15H,3-6,8-10H2,1-2H3. The average molecular weight is 236 g/mol. The van der Waals surface area contributed by atoms with Crippen LogP contribution in [0.2, 0.25) is 0 Å². The third-order valence-electron chi connectivity index (χ3n) is 3.66. The second kappa shape index (κ2) is 6.22. The lowest BCUT2D eigenvalue weighted by atomic mass is 9.85. The van der Waals surface area contributed by atoms with Crippen molar-refractivity contribution in [2.75, 3.05) is 20.1 Å². The Hall–Kier alpha value is -0.800. The maximum Gasteiger partial charge on any atom is 0.118 e. The molecule has 0 spiro atoms. The zero-order valence-electron chi connectivity index (χ0n) is 11.0. The van der Waals surface area contributed by atoms with Gasteiger partial charge in [-0.25, -0.2) is 0 Å². The van der Waals surface area contributed by atoms with Crippen molar-refractivity contribution < 1.29 is 4.42 Å². The van der Waals surface area contributed by atoms with E-state index in [4.69, 9.17) is 4.42 Å². The minimum atomic E-state index is 0.887. The van der Waals surface area contributed by atoms with Gasteiger partial charge in [-0.1, -0.05) is 13.3 Å². The van der Waals surface area contributed by atoms with Crippen molar-refractivity contribution >= 4 is 0 Å². The van der Waals surface area contributed by atoms with Crippen LogP contribution in [0, 0.1) is 5.92 Å². The SMILES string of the molecule is CCN(Cc1cc(CNC)co1)CC1CCC1. The van der Waals surface area contributed by atoms with E-state index in [-0.39, 0.29) is 0 Å². The minimum Gasteiger partial charge on any atom is -0.468 e. The highest BCUT2D eigenvalue weighted by molar-refractivity contribution is 5.12. The van der Waals surface area contributed by atoms with Crippen LogP contribution < -0.4 is 5.32 Å². The fourth-order valence-corrected chi connectivity index (χ4v) is 2.37. The van der Waals surface area contributed by atoms with Crippen molar-refractivity contribution in [3.63, 3.8) is 0 Å². The lowest BCUT2D eigenvalue weighted by Crippen LogP contribution is -2.31. The molecule has 1 aliphatic rings. The summed E-state index contributed by atoms with van der Waals surface area (Å²) in [5, 5.41) is 3.14. The fraction of sp³-hybridized carbons (Fsp3) is 0.714. The Morgan fingerprint density at radius 2 is 2.29 bits per heavy atom. The van der Waals surface area contributed by atoms with Gasteiger partial charge in [-0.3, -0.25) is 4.90 Å². The molecule has 0 saturated heterocycles. The van der Waals surface area contributed by atoms with Crippen molar-refractivity contribution in [2.45, 2.75) is 39.3 Å². The van der Waals surface area contributed by atoms with Crippen LogP contribution in [0.5, 0.6) is 0 Å². The van der Waals surface area contributed by atoms with Gasteiger partial charge in [-0.05, 0) is 38.4 Å². The van der Waals surface area contributed by atoms with E-state index in [2.05, 4.69) is 23.2 Å². The van der Waals surface area contributed by atoms with Crippen molar-refractivity contribution in [1.29, 1.82) is 0 Å². The first kappa shape index (κ1) is 12.7. The molecule has 0 aliphatic heterocycles. The number of hydrogen-bond acceptors (Lipinski definition) is 3. The minimum absolute atomic E-state index is 0.887. The van der Waals surface area contributed by atoms with Crippen LogP contribution in [0.3, 0.4) is 0 Å². The molecule has 3 nitrogen and oxygen atoms in total. The van der Waals surface area contributed by atoms with Crippen LogP contribution in [-0.2, 0) is 13.1 Å². The molecule has 1 aliphatic carbocycles. The van der Waals surface area contributed by atoms with Crippen LogP contribution in [-0.4, -0.2) is 25.0 Å². The Bertz CT molecular complexity index is 331. The molecule has 1 aromatic heterocycles. The van der Waals surface area contributed by atoms with Crippen LogP contribution in [0.1, 0.15) is 37.5 Å². The lowest BCUT2D eigenvalue weighted by molar-refractivity contribution is 0.169. The maximum atomic E-state index is 5.60. The van der Waals surface area contributed by atoms with Gasteiger partial charge in [0, 0.05) is 18.7 Å². The van der Waals surface area contributed by atoms with E-state index in [0.717, 1.165) is 31.3 Å². The third-order valence-corrected chi connectivity index (χ3v) is 3.66. The van der Waals surface area contributed by atoms with E-state index in [9.17, 15) is 0 Å². The van der Waals surface area contributed by atoms with E-state index in [1.165, 1.54) is 31.4 Å². The predicted molar refractivity (Wildman–Crippen MR) is 69.8 cm³/mol. The summed E-state index contributed by atoms with van der Waals surface area (Å²) in [5.41, 5.74) is 1.24. The summed E-state index contributed by atoms with van der Waals surface area (Å²) in [5.74, 6) is 2.03. The fourth-order valence-electron chi connectivity index (χ4n) is 2.37. The maximum absolute atomic E-state index is 5.60. The molecule has 3 heteroatoms. The van der Waals surface area contributed by atoms with Crippen molar-refractivity contribution in [3.05, 3.63) is 23.7 Å². The van der Waals surface area contributed by atoms with Crippen molar-refractivity contribution in [3.8, 4) is 0 Å². The second-order valence-corrected chi connectivity index (χ2v) is 5.08. The zero-order valence-corrected chi connectivity index (χ0v) is 11.0.